The van der Waals surface area contributed by atoms with Crippen LogP contribution in [-0.4, -0.2) is 187 Å². The summed E-state index contributed by atoms with van der Waals surface area (Å²) in [6.45, 7) is 14.1. The Morgan fingerprint density at radius 3 is 1.85 bits per heavy atom. The molecule has 66 heavy (non-hydrogen) atoms. The molecule has 9 rings (SSSR count). The molecule has 9 aliphatic rings. The minimum atomic E-state index is -1.90. The van der Waals surface area contributed by atoms with Crippen molar-refractivity contribution >= 4 is 6.29 Å². The van der Waals surface area contributed by atoms with E-state index in [0.29, 0.717) is 32.3 Å². The molecular weight excluding hydrogens is 865 g/mol. The van der Waals surface area contributed by atoms with Crippen LogP contribution >= 0.6 is 0 Å². The van der Waals surface area contributed by atoms with Crippen LogP contribution in [-0.2, 0) is 38.0 Å². The second kappa shape index (κ2) is 16.9. The lowest BCUT2D eigenvalue weighted by Gasteiger charge is -2.73. The van der Waals surface area contributed by atoms with E-state index in [1.165, 1.54) is 6.92 Å². The second-order valence-corrected chi connectivity index (χ2v) is 23.6. The van der Waals surface area contributed by atoms with E-state index < -0.39 is 139 Å². The Morgan fingerprint density at radius 1 is 0.652 bits per heavy atom. The average molecular weight is 941 g/mol. The molecule has 0 aromatic rings. The molecule has 1 unspecified atom stereocenters. The Labute approximate surface area is 386 Å². The summed E-state index contributed by atoms with van der Waals surface area (Å²) >= 11 is 0. The van der Waals surface area contributed by atoms with Gasteiger partial charge in [0.25, 0.3) is 0 Å². The van der Waals surface area contributed by atoms with E-state index in [0.717, 1.165) is 32.0 Å². The SMILES string of the molecule is C[C@H]1O[C@@H](O[C@H]2CC[C@@]3(C)C(CC[C@]4(C)[C@@H]3C=C[C@]35OC[C@@]6(CCC(C)(C)C[C@H]63)[C@@H](O)C[C@]54C)[C@]2(C)C=O)[C@H](O[C@@H]2O[C@H](CO)[C@@H](O)[C@H](O)[C@H]2O)[C@@H](O[C@@H]2O[C@H](CO)[C@@H](O)[C@H](O)[C@H]2O)[C@H]1O. The molecular formula is C48H76O18. The molecule has 0 aromatic heterocycles. The summed E-state index contributed by atoms with van der Waals surface area (Å²) in [6, 6.07) is 0. The van der Waals surface area contributed by atoms with Gasteiger partial charge in [-0.15, -0.1) is 0 Å². The van der Waals surface area contributed by atoms with Crippen molar-refractivity contribution in [1.29, 1.82) is 0 Å². The van der Waals surface area contributed by atoms with Gasteiger partial charge in [0, 0.05) is 16.7 Å². The van der Waals surface area contributed by atoms with E-state index in [-0.39, 0.29) is 34.0 Å². The summed E-state index contributed by atoms with van der Waals surface area (Å²) in [5, 5.41) is 108. The topological polar surface area (TPSA) is 284 Å². The zero-order chi connectivity index (χ0) is 47.9. The largest absolute Gasteiger partial charge is 0.394 e. The summed E-state index contributed by atoms with van der Waals surface area (Å²) in [5.41, 5.74) is -2.93. The standard InChI is InChI=1S/C48H76O18/c1-22-30(53)37(65-39-35(58)33(56)31(54)23(18-49)62-39)38(66-40-36(59)34(57)32(55)24(19-50)63-40)41(61-22)64-29-10-11-43(4)25(44(29,5)20-51)8-12-45(6)26(43)9-13-48-27-16-42(2,3)14-15-47(27,21-60-48)28(52)17-46(45,48)7/h9,13,20,22-41,49-50,52-59H,8,10-12,14-19,21H2,1-7H3/t22-,23-,24-,25?,26-,27-,28+,29+,30+,31-,32-,33+,34+,35-,36-,37+,38-,39+,40+,41+,43+,44+,45-,46+,47-,48+/m1/s1. The maximum Gasteiger partial charge on any atom is 0.187 e. The smallest absolute Gasteiger partial charge is 0.187 e. The third-order valence-corrected chi connectivity index (χ3v) is 19.9. The molecule has 4 saturated heterocycles. The average Bonchev–Trinajstić information content (AvgIpc) is 3.55. The molecule has 5 aliphatic carbocycles. The van der Waals surface area contributed by atoms with E-state index in [9.17, 15) is 55.9 Å². The van der Waals surface area contributed by atoms with Crippen molar-refractivity contribution in [2.75, 3.05) is 19.8 Å². The summed E-state index contributed by atoms with van der Waals surface area (Å²) in [4.78, 5) is 13.9. The first-order chi connectivity index (χ1) is 30.9. The van der Waals surface area contributed by atoms with Crippen LogP contribution in [0.25, 0.3) is 0 Å². The van der Waals surface area contributed by atoms with Crippen LogP contribution in [0.15, 0.2) is 12.2 Å². The van der Waals surface area contributed by atoms with Crippen molar-refractivity contribution in [2.24, 2.45) is 50.2 Å². The lowest BCUT2D eigenvalue weighted by molar-refractivity contribution is -0.396. The molecule has 4 saturated carbocycles. The highest BCUT2D eigenvalue weighted by Crippen LogP contribution is 2.79. The van der Waals surface area contributed by atoms with E-state index in [1.54, 1.807) is 0 Å². The van der Waals surface area contributed by atoms with Gasteiger partial charge in [-0.2, -0.15) is 0 Å². The number of carbonyl (C=O) groups excluding carboxylic acids is 1. The molecule has 2 bridgehead atoms. The monoisotopic (exact) mass is 941 g/mol. The maximum atomic E-state index is 13.9. The van der Waals surface area contributed by atoms with Crippen molar-refractivity contribution in [1.82, 2.24) is 0 Å². The molecule has 1 spiro atoms. The van der Waals surface area contributed by atoms with Crippen molar-refractivity contribution in [3.63, 3.8) is 0 Å². The van der Waals surface area contributed by atoms with Crippen molar-refractivity contribution in [2.45, 2.75) is 210 Å². The van der Waals surface area contributed by atoms with Crippen molar-refractivity contribution in [3.05, 3.63) is 12.2 Å². The molecule has 8 fully saturated rings. The Morgan fingerprint density at radius 2 is 1.26 bits per heavy atom. The minimum Gasteiger partial charge on any atom is -0.394 e. The number of aldehydes is 1. The van der Waals surface area contributed by atoms with Gasteiger partial charge >= 0.3 is 0 Å². The number of hydrogen-bond donors (Lipinski definition) is 10. The molecule has 26 atom stereocenters. The van der Waals surface area contributed by atoms with Gasteiger partial charge in [-0.3, -0.25) is 0 Å². The molecule has 18 nitrogen and oxygen atoms in total. The molecule has 376 valence electrons. The van der Waals surface area contributed by atoms with Crippen LogP contribution in [0.3, 0.4) is 0 Å². The highest BCUT2D eigenvalue weighted by Gasteiger charge is 2.79. The fourth-order valence-electron chi connectivity index (χ4n) is 15.6. The molecule has 4 heterocycles. The first-order valence-electron chi connectivity index (χ1n) is 24.3. The third-order valence-electron chi connectivity index (χ3n) is 19.9. The van der Waals surface area contributed by atoms with E-state index in [2.05, 4.69) is 46.8 Å². The van der Waals surface area contributed by atoms with Gasteiger partial charge in [0.05, 0.1) is 49.1 Å². The first kappa shape index (κ1) is 49.7. The predicted octanol–water partition coefficient (Wildman–Crippen LogP) is -0.192. The van der Waals surface area contributed by atoms with Gasteiger partial charge in [-0.05, 0) is 86.4 Å². The summed E-state index contributed by atoms with van der Waals surface area (Å²) in [5.74, 6) is -0.0146. The van der Waals surface area contributed by atoms with E-state index >= 15 is 0 Å². The highest BCUT2D eigenvalue weighted by atomic mass is 16.8. The van der Waals surface area contributed by atoms with E-state index in [1.807, 2.05) is 6.92 Å². The fraction of sp³-hybridized carbons (Fsp3) is 0.938. The van der Waals surface area contributed by atoms with Crippen molar-refractivity contribution < 1.29 is 89.0 Å². The lowest BCUT2D eigenvalue weighted by Crippen LogP contribution is -2.72. The van der Waals surface area contributed by atoms with E-state index in [4.69, 9.17) is 33.2 Å². The van der Waals surface area contributed by atoms with Crippen molar-refractivity contribution in [3.8, 4) is 0 Å². The van der Waals surface area contributed by atoms with Gasteiger partial charge in [0.15, 0.2) is 18.9 Å². The first-order valence-corrected chi connectivity index (χ1v) is 24.3. The highest BCUT2D eigenvalue weighted by molar-refractivity contribution is 5.61. The minimum absolute atomic E-state index is 0.0137. The number of rotatable bonds is 9. The number of hydrogen-bond acceptors (Lipinski definition) is 18. The summed E-state index contributed by atoms with van der Waals surface area (Å²) < 4.78 is 44.2. The number of ether oxygens (including phenoxy) is 7. The normalized spacial score (nSPS) is 58.7. The van der Waals surface area contributed by atoms with Crippen LogP contribution < -0.4 is 0 Å². The summed E-state index contributed by atoms with van der Waals surface area (Å²) in [7, 11) is 0. The predicted molar refractivity (Wildman–Crippen MR) is 228 cm³/mol. The van der Waals surface area contributed by atoms with Crippen LogP contribution in [0.1, 0.15) is 99.8 Å². The number of fused-ring (bicyclic) bond motifs is 4. The van der Waals surface area contributed by atoms with Gasteiger partial charge in [-0.1, -0.05) is 53.7 Å². The quantitative estimate of drug-likeness (QED) is 0.0815. The number of allylic oxidation sites excluding steroid dienone is 1. The van der Waals surface area contributed by atoms with Gasteiger partial charge < -0.3 is 89.0 Å². The number of aliphatic hydroxyl groups is 10. The Bertz CT molecular complexity index is 1830. The van der Waals surface area contributed by atoms with Gasteiger partial charge in [0.2, 0.25) is 0 Å². The zero-order valence-corrected chi connectivity index (χ0v) is 39.3. The van der Waals surface area contributed by atoms with Crippen LogP contribution in [0.4, 0.5) is 0 Å². The molecule has 0 amide bonds. The fourth-order valence-corrected chi connectivity index (χ4v) is 15.6. The Kier molecular flexibility index (Phi) is 12.7. The Balaban J connectivity index is 1.03. The molecule has 10 N–H and O–H groups in total. The molecule has 0 radical (unpaired) electrons. The molecule has 0 aromatic carbocycles. The second-order valence-electron chi connectivity index (χ2n) is 23.6. The number of aliphatic hydroxyl groups excluding tert-OH is 10. The maximum absolute atomic E-state index is 13.9. The van der Waals surface area contributed by atoms with Gasteiger partial charge in [-0.25, -0.2) is 0 Å². The van der Waals surface area contributed by atoms with Crippen LogP contribution in [0, 0.1) is 50.2 Å². The third kappa shape index (κ3) is 6.93. The Hall–Kier alpha value is -1.27. The summed E-state index contributed by atoms with van der Waals surface area (Å²) in [6.07, 6.45) is -14.1. The molecule has 4 aliphatic heterocycles. The molecule has 18 heteroatoms. The van der Waals surface area contributed by atoms with Crippen LogP contribution in [0.5, 0.6) is 0 Å². The lowest BCUT2D eigenvalue weighted by atomic mass is 9.32. The number of carbonyl (C=O) groups is 1. The zero-order valence-electron chi connectivity index (χ0n) is 39.3. The van der Waals surface area contributed by atoms with Gasteiger partial charge in [0.1, 0.15) is 73.4 Å². The van der Waals surface area contributed by atoms with Crippen LogP contribution in [0.2, 0.25) is 0 Å².